The van der Waals surface area contributed by atoms with Crippen molar-refractivity contribution in [2.24, 2.45) is 5.73 Å². The number of rotatable bonds is 3. The Morgan fingerprint density at radius 2 is 2.05 bits per heavy atom. The average Bonchev–Trinajstić information content (AvgIpc) is 2.33. The van der Waals surface area contributed by atoms with Crippen LogP contribution >= 0.6 is 11.6 Å². The van der Waals surface area contributed by atoms with Crippen LogP contribution in [-0.4, -0.2) is 36.7 Å². The van der Waals surface area contributed by atoms with Gasteiger partial charge in [0.1, 0.15) is 5.82 Å². The van der Waals surface area contributed by atoms with E-state index >= 15 is 0 Å². The van der Waals surface area contributed by atoms with Crippen LogP contribution in [0.5, 0.6) is 0 Å². The molecule has 0 amide bonds. The maximum atomic E-state index is 13.2. The summed E-state index contributed by atoms with van der Waals surface area (Å²) >= 11 is 5.85. The number of nitrogens with zero attached hydrogens (tertiary/aromatic N) is 1. The first-order valence-corrected chi connectivity index (χ1v) is 6.93. The van der Waals surface area contributed by atoms with Crippen molar-refractivity contribution in [3.63, 3.8) is 0 Å². The van der Waals surface area contributed by atoms with Gasteiger partial charge in [0, 0.05) is 25.7 Å². The van der Waals surface area contributed by atoms with Crippen LogP contribution in [0.2, 0.25) is 5.02 Å². The highest BCUT2D eigenvalue weighted by Crippen LogP contribution is 2.27. The maximum absolute atomic E-state index is 13.2. The molecule has 2 rings (SSSR count). The fraction of sp³-hybridized carbons (Fsp3) is 0.571. The smallest absolute Gasteiger partial charge is 0.141 e. The number of hydrogen-bond acceptors (Lipinski definition) is 3. The molecule has 0 radical (unpaired) electrons. The summed E-state index contributed by atoms with van der Waals surface area (Å²) in [6, 6.07) is 4.86. The average molecular weight is 287 g/mol. The van der Waals surface area contributed by atoms with Crippen LogP contribution in [0.4, 0.5) is 4.39 Å². The maximum Gasteiger partial charge on any atom is 0.141 e. The predicted octanol–water partition coefficient (Wildman–Crippen LogP) is 2.59. The van der Waals surface area contributed by atoms with Gasteiger partial charge in [0.05, 0.1) is 17.2 Å². The normalized spacial score (nSPS) is 26.4. The van der Waals surface area contributed by atoms with Gasteiger partial charge in [-0.05, 0) is 31.5 Å². The lowest BCUT2D eigenvalue weighted by atomic mass is 10.0. The van der Waals surface area contributed by atoms with Crippen LogP contribution in [0.3, 0.4) is 0 Å². The molecule has 5 heteroatoms. The molecule has 3 nitrogen and oxygen atoms in total. The van der Waals surface area contributed by atoms with Gasteiger partial charge in [-0.1, -0.05) is 17.7 Å². The summed E-state index contributed by atoms with van der Waals surface area (Å²) in [6.45, 7) is 6.21. The van der Waals surface area contributed by atoms with Crippen molar-refractivity contribution in [1.82, 2.24) is 4.90 Å². The van der Waals surface area contributed by atoms with Crippen LogP contribution in [0.25, 0.3) is 0 Å². The first-order valence-electron chi connectivity index (χ1n) is 6.55. The van der Waals surface area contributed by atoms with Gasteiger partial charge < -0.3 is 10.5 Å². The molecule has 0 aliphatic carbocycles. The third-order valence-electron chi connectivity index (χ3n) is 3.44. The number of benzene rings is 1. The number of ether oxygens (including phenoxy) is 1. The second-order valence-electron chi connectivity index (χ2n) is 5.14. The fourth-order valence-electron chi connectivity index (χ4n) is 2.69. The van der Waals surface area contributed by atoms with Gasteiger partial charge in [0.15, 0.2) is 0 Å². The summed E-state index contributed by atoms with van der Waals surface area (Å²) in [5.41, 5.74) is 6.85. The van der Waals surface area contributed by atoms with E-state index in [1.54, 1.807) is 12.1 Å². The van der Waals surface area contributed by atoms with E-state index in [4.69, 9.17) is 22.1 Å². The standard InChI is InChI=1S/C14H20ClFN2O/c1-9-7-18(8-10(2)19-9)14(6-17)11-3-4-13(16)12(15)5-11/h3-5,9-10,14H,6-8,17H2,1-2H3. The number of hydrogen-bond donors (Lipinski definition) is 1. The van der Waals surface area contributed by atoms with Gasteiger partial charge in [0.25, 0.3) is 0 Å². The molecular weight excluding hydrogens is 267 g/mol. The Kier molecular flexibility index (Phi) is 4.79. The molecule has 1 heterocycles. The van der Waals surface area contributed by atoms with E-state index in [2.05, 4.69) is 4.90 Å². The fourth-order valence-corrected chi connectivity index (χ4v) is 2.88. The van der Waals surface area contributed by atoms with Crippen LogP contribution in [-0.2, 0) is 4.74 Å². The minimum Gasteiger partial charge on any atom is -0.373 e. The lowest BCUT2D eigenvalue weighted by Crippen LogP contribution is -2.48. The predicted molar refractivity (Wildman–Crippen MR) is 74.8 cm³/mol. The molecule has 1 aromatic rings. The molecule has 106 valence electrons. The van der Waals surface area contributed by atoms with Crippen molar-refractivity contribution in [3.05, 3.63) is 34.6 Å². The molecule has 0 bridgehead atoms. The summed E-state index contributed by atoms with van der Waals surface area (Å²) in [6.07, 6.45) is 0.349. The van der Waals surface area contributed by atoms with E-state index in [1.165, 1.54) is 6.07 Å². The molecule has 1 fully saturated rings. The van der Waals surface area contributed by atoms with E-state index < -0.39 is 5.82 Å². The molecule has 0 saturated carbocycles. The van der Waals surface area contributed by atoms with E-state index in [9.17, 15) is 4.39 Å². The monoisotopic (exact) mass is 286 g/mol. The molecule has 3 atom stereocenters. The second-order valence-corrected chi connectivity index (χ2v) is 5.54. The SMILES string of the molecule is CC1CN(C(CN)c2ccc(F)c(Cl)c2)CC(C)O1. The number of halogens is 2. The van der Waals surface area contributed by atoms with Crippen LogP contribution in [0.15, 0.2) is 18.2 Å². The summed E-state index contributed by atoms with van der Waals surface area (Å²) in [5.74, 6) is -0.398. The Balaban J connectivity index is 2.21. The van der Waals surface area contributed by atoms with E-state index in [1.807, 2.05) is 13.8 Å². The van der Waals surface area contributed by atoms with Gasteiger partial charge >= 0.3 is 0 Å². The zero-order valence-electron chi connectivity index (χ0n) is 11.3. The zero-order valence-corrected chi connectivity index (χ0v) is 12.0. The van der Waals surface area contributed by atoms with Crippen molar-refractivity contribution in [2.45, 2.75) is 32.1 Å². The molecule has 0 aromatic heterocycles. The Hall–Kier alpha value is -0.680. The quantitative estimate of drug-likeness (QED) is 0.928. The third-order valence-corrected chi connectivity index (χ3v) is 3.73. The van der Waals surface area contributed by atoms with Crippen LogP contribution in [0.1, 0.15) is 25.5 Å². The summed E-state index contributed by atoms with van der Waals surface area (Å²) in [5, 5.41) is 0.144. The van der Waals surface area contributed by atoms with Gasteiger partial charge in [-0.25, -0.2) is 4.39 Å². The van der Waals surface area contributed by atoms with Crippen LogP contribution in [0, 0.1) is 5.82 Å². The summed E-state index contributed by atoms with van der Waals surface area (Å²) < 4.78 is 19.0. The zero-order chi connectivity index (χ0) is 14.0. The lowest BCUT2D eigenvalue weighted by Gasteiger charge is -2.40. The number of nitrogens with two attached hydrogens (primary N) is 1. The summed E-state index contributed by atoms with van der Waals surface area (Å²) in [4.78, 5) is 2.28. The minimum absolute atomic E-state index is 0.0481. The second kappa shape index (κ2) is 6.18. The first-order chi connectivity index (χ1) is 9.01. The Morgan fingerprint density at radius 1 is 1.42 bits per heavy atom. The third kappa shape index (κ3) is 3.45. The topological polar surface area (TPSA) is 38.5 Å². The van der Waals surface area contributed by atoms with Crippen LogP contribution < -0.4 is 5.73 Å². The van der Waals surface area contributed by atoms with E-state index in [0.29, 0.717) is 6.54 Å². The van der Waals surface area contributed by atoms with Crippen molar-refractivity contribution in [1.29, 1.82) is 0 Å². The Morgan fingerprint density at radius 3 is 2.58 bits per heavy atom. The van der Waals surface area contributed by atoms with Crippen molar-refractivity contribution in [2.75, 3.05) is 19.6 Å². The van der Waals surface area contributed by atoms with Crippen molar-refractivity contribution >= 4 is 11.6 Å². The molecule has 0 spiro atoms. The molecule has 1 aliphatic rings. The lowest BCUT2D eigenvalue weighted by molar-refractivity contribution is -0.0799. The molecule has 3 unspecified atom stereocenters. The largest absolute Gasteiger partial charge is 0.373 e. The van der Waals surface area contributed by atoms with Crippen molar-refractivity contribution < 1.29 is 9.13 Å². The highest BCUT2D eigenvalue weighted by molar-refractivity contribution is 6.30. The molecule has 1 saturated heterocycles. The summed E-state index contributed by atoms with van der Waals surface area (Å²) in [7, 11) is 0. The minimum atomic E-state index is -0.398. The highest BCUT2D eigenvalue weighted by atomic mass is 35.5. The molecule has 19 heavy (non-hydrogen) atoms. The molecule has 1 aromatic carbocycles. The Bertz CT molecular complexity index is 433. The number of morpholine rings is 1. The Labute approximate surface area is 118 Å². The van der Waals surface area contributed by atoms with Gasteiger partial charge in [-0.3, -0.25) is 4.90 Å². The van der Waals surface area contributed by atoms with E-state index in [-0.39, 0.29) is 23.3 Å². The van der Waals surface area contributed by atoms with Gasteiger partial charge in [0.2, 0.25) is 0 Å². The molecular formula is C14H20ClFN2O. The van der Waals surface area contributed by atoms with E-state index in [0.717, 1.165) is 18.7 Å². The van der Waals surface area contributed by atoms with Gasteiger partial charge in [-0.2, -0.15) is 0 Å². The highest BCUT2D eigenvalue weighted by Gasteiger charge is 2.28. The molecule has 1 aliphatic heterocycles. The van der Waals surface area contributed by atoms with Gasteiger partial charge in [-0.15, -0.1) is 0 Å². The molecule has 2 N–H and O–H groups in total. The van der Waals surface area contributed by atoms with Crippen molar-refractivity contribution in [3.8, 4) is 0 Å². The first kappa shape index (κ1) is 14.7.